The number of benzene rings is 2. The second kappa shape index (κ2) is 9.94. The summed E-state index contributed by atoms with van der Waals surface area (Å²) in [6, 6.07) is 17.5. The van der Waals surface area contributed by atoms with Crippen LogP contribution >= 0.6 is 0 Å². The standard InChI is InChI=1S/C28H32N4O3/c1-28(2)18-21-8-7-9-24(27(21)35-28)34-19-26(33)29-22-12-10-20(11-13-22)23-14-15-25(31-30-23)32-16-5-3-4-6-17-32/h7-15H,3-6,16-19H2,1-2H3,(H,29,33). The number of hydrogen-bond donors (Lipinski definition) is 1. The van der Waals surface area contributed by atoms with Crippen molar-refractivity contribution in [1.82, 2.24) is 10.2 Å². The van der Waals surface area contributed by atoms with Gasteiger partial charge in [-0.15, -0.1) is 10.2 Å². The third-order valence-electron chi connectivity index (χ3n) is 6.46. The van der Waals surface area contributed by atoms with Crippen LogP contribution in [0.4, 0.5) is 11.5 Å². The van der Waals surface area contributed by atoms with Gasteiger partial charge in [-0.1, -0.05) is 37.1 Å². The molecule has 1 N–H and O–H groups in total. The van der Waals surface area contributed by atoms with Crippen LogP contribution in [-0.4, -0.2) is 41.4 Å². The molecule has 7 nitrogen and oxygen atoms in total. The summed E-state index contributed by atoms with van der Waals surface area (Å²) in [5.74, 6) is 2.05. The van der Waals surface area contributed by atoms with Crippen LogP contribution < -0.4 is 19.7 Å². The Kier molecular flexibility index (Phi) is 6.57. The SMILES string of the molecule is CC1(C)Cc2cccc(OCC(=O)Nc3ccc(-c4ccc(N5CCCCCC5)nn4)cc3)c2O1. The summed E-state index contributed by atoms with van der Waals surface area (Å²) >= 11 is 0. The molecule has 1 saturated heterocycles. The first-order chi connectivity index (χ1) is 17.0. The Morgan fingerprint density at radius 1 is 1.00 bits per heavy atom. The van der Waals surface area contributed by atoms with E-state index in [1.54, 1.807) is 0 Å². The Bertz CT molecular complexity index is 1170. The van der Waals surface area contributed by atoms with Gasteiger partial charge in [-0.25, -0.2) is 0 Å². The van der Waals surface area contributed by atoms with E-state index in [1.807, 2.05) is 68.4 Å². The lowest BCUT2D eigenvalue weighted by molar-refractivity contribution is -0.118. The highest BCUT2D eigenvalue weighted by Gasteiger charge is 2.32. The van der Waals surface area contributed by atoms with Crippen molar-refractivity contribution in [3.63, 3.8) is 0 Å². The molecule has 2 aromatic carbocycles. The van der Waals surface area contributed by atoms with E-state index in [2.05, 4.69) is 20.4 Å². The molecule has 5 rings (SSSR count). The Labute approximate surface area is 206 Å². The molecular weight excluding hydrogens is 440 g/mol. The fraction of sp³-hybridized carbons (Fsp3) is 0.393. The van der Waals surface area contributed by atoms with Gasteiger partial charge in [0.1, 0.15) is 5.60 Å². The molecule has 1 fully saturated rings. The predicted molar refractivity (Wildman–Crippen MR) is 137 cm³/mol. The van der Waals surface area contributed by atoms with Crippen molar-refractivity contribution in [2.75, 3.05) is 29.9 Å². The molecule has 2 aliphatic rings. The average molecular weight is 473 g/mol. The number of nitrogens with zero attached hydrogens (tertiary/aromatic N) is 3. The lowest BCUT2D eigenvalue weighted by Crippen LogP contribution is -2.25. The molecule has 3 heterocycles. The lowest BCUT2D eigenvalue weighted by Gasteiger charge is -2.20. The van der Waals surface area contributed by atoms with E-state index in [9.17, 15) is 4.79 Å². The van der Waals surface area contributed by atoms with Gasteiger partial charge in [0.25, 0.3) is 5.91 Å². The molecule has 2 aliphatic heterocycles. The van der Waals surface area contributed by atoms with Crippen LogP contribution in [0, 0.1) is 0 Å². The highest BCUT2D eigenvalue weighted by molar-refractivity contribution is 5.92. The number of anilines is 2. The van der Waals surface area contributed by atoms with E-state index in [-0.39, 0.29) is 18.1 Å². The summed E-state index contributed by atoms with van der Waals surface area (Å²) in [5, 5.41) is 11.8. The van der Waals surface area contributed by atoms with Gasteiger partial charge in [-0.05, 0) is 57.0 Å². The molecule has 0 bridgehead atoms. The summed E-state index contributed by atoms with van der Waals surface area (Å²) in [6.45, 7) is 6.09. The maximum absolute atomic E-state index is 12.5. The zero-order valence-electron chi connectivity index (χ0n) is 20.4. The molecular formula is C28H32N4O3. The van der Waals surface area contributed by atoms with Crippen molar-refractivity contribution in [1.29, 1.82) is 0 Å². The van der Waals surface area contributed by atoms with Crippen LogP contribution in [-0.2, 0) is 11.2 Å². The minimum atomic E-state index is -0.260. The maximum Gasteiger partial charge on any atom is 0.262 e. The molecule has 0 unspecified atom stereocenters. The summed E-state index contributed by atoms with van der Waals surface area (Å²) < 4.78 is 11.8. The van der Waals surface area contributed by atoms with Gasteiger partial charge < -0.3 is 19.7 Å². The van der Waals surface area contributed by atoms with Gasteiger partial charge in [-0.2, -0.15) is 0 Å². The lowest BCUT2D eigenvalue weighted by atomic mass is 10.0. The molecule has 0 saturated carbocycles. The van der Waals surface area contributed by atoms with Crippen LogP contribution in [0.1, 0.15) is 45.1 Å². The third kappa shape index (κ3) is 5.56. The normalized spacial score (nSPS) is 16.7. The molecule has 1 amide bonds. The number of aromatic nitrogens is 2. The molecule has 0 atom stereocenters. The summed E-state index contributed by atoms with van der Waals surface area (Å²) in [7, 11) is 0. The zero-order valence-corrected chi connectivity index (χ0v) is 20.4. The molecule has 35 heavy (non-hydrogen) atoms. The Hall–Kier alpha value is -3.61. The van der Waals surface area contributed by atoms with Gasteiger partial charge in [0.15, 0.2) is 23.9 Å². The number of nitrogens with one attached hydrogen (secondary N) is 1. The average Bonchev–Trinajstić information content (AvgIpc) is 3.00. The smallest absolute Gasteiger partial charge is 0.262 e. The van der Waals surface area contributed by atoms with Gasteiger partial charge in [-0.3, -0.25) is 4.79 Å². The fourth-order valence-electron chi connectivity index (χ4n) is 4.71. The molecule has 7 heteroatoms. The van der Waals surface area contributed by atoms with Crippen LogP contribution in [0.5, 0.6) is 11.5 Å². The summed E-state index contributed by atoms with van der Waals surface area (Å²) in [5.41, 5.74) is 3.31. The van der Waals surface area contributed by atoms with Crippen molar-refractivity contribution >= 4 is 17.4 Å². The van der Waals surface area contributed by atoms with E-state index in [0.29, 0.717) is 11.4 Å². The maximum atomic E-state index is 12.5. The van der Waals surface area contributed by atoms with E-state index in [1.165, 1.54) is 25.7 Å². The molecule has 3 aromatic rings. The van der Waals surface area contributed by atoms with E-state index in [0.717, 1.165) is 47.9 Å². The third-order valence-corrected chi connectivity index (χ3v) is 6.46. The number of ether oxygens (including phenoxy) is 2. The van der Waals surface area contributed by atoms with Crippen LogP contribution in [0.15, 0.2) is 54.6 Å². The molecule has 0 radical (unpaired) electrons. The number of carbonyl (C=O) groups is 1. The van der Waals surface area contributed by atoms with Gasteiger partial charge in [0, 0.05) is 36.3 Å². The predicted octanol–water partition coefficient (Wildman–Crippen LogP) is 5.26. The van der Waals surface area contributed by atoms with Gasteiger partial charge >= 0.3 is 0 Å². The molecule has 0 spiro atoms. The number of rotatable bonds is 6. The Morgan fingerprint density at radius 2 is 1.77 bits per heavy atom. The van der Waals surface area contributed by atoms with Gasteiger partial charge in [0.05, 0.1) is 5.69 Å². The first-order valence-corrected chi connectivity index (χ1v) is 12.4. The molecule has 182 valence electrons. The largest absolute Gasteiger partial charge is 0.483 e. The topological polar surface area (TPSA) is 76.6 Å². The quantitative estimate of drug-likeness (QED) is 0.528. The minimum absolute atomic E-state index is 0.0918. The first kappa shape index (κ1) is 23.1. The molecule has 1 aromatic heterocycles. The van der Waals surface area contributed by atoms with Crippen LogP contribution in [0.25, 0.3) is 11.3 Å². The van der Waals surface area contributed by atoms with E-state index < -0.39 is 0 Å². The Morgan fingerprint density at radius 3 is 2.49 bits per heavy atom. The molecule has 0 aliphatic carbocycles. The highest BCUT2D eigenvalue weighted by Crippen LogP contribution is 2.41. The number of hydrogen-bond acceptors (Lipinski definition) is 6. The number of fused-ring (bicyclic) bond motifs is 1. The first-order valence-electron chi connectivity index (χ1n) is 12.4. The number of amides is 1. The second-order valence-electron chi connectivity index (χ2n) is 9.88. The van der Waals surface area contributed by atoms with Crippen molar-refractivity contribution in [3.05, 3.63) is 60.2 Å². The van der Waals surface area contributed by atoms with Crippen LogP contribution in [0.3, 0.4) is 0 Å². The van der Waals surface area contributed by atoms with Crippen molar-refractivity contribution in [3.8, 4) is 22.8 Å². The fourth-order valence-corrected chi connectivity index (χ4v) is 4.71. The van der Waals surface area contributed by atoms with E-state index >= 15 is 0 Å². The highest BCUT2D eigenvalue weighted by atomic mass is 16.5. The monoisotopic (exact) mass is 472 g/mol. The second-order valence-corrected chi connectivity index (χ2v) is 9.88. The minimum Gasteiger partial charge on any atom is -0.483 e. The number of carbonyl (C=O) groups excluding carboxylic acids is 1. The van der Waals surface area contributed by atoms with Gasteiger partial charge in [0.2, 0.25) is 0 Å². The summed E-state index contributed by atoms with van der Waals surface area (Å²) in [6.07, 6.45) is 5.82. The summed E-state index contributed by atoms with van der Waals surface area (Å²) in [4.78, 5) is 14.8. The van der Waals surface area contributed by atoms with Crippen molar-refractivity contribution in [2.24, 2.45) is 0 Å². The van der Waals surface area contributed by atoms with Crippen molar-refractivity contribution in [2.45, 2.75) is 51.6 Å². The zero-order chi connectivity index (χ0) is 24.3. The number of para-hydroxylation sites is 1. The Balaban J connectivity index is 1.16. The van der Waals surface area contributed by atoms with E-state index in [4.69, 9.17) is 9.47 Å². The van der Waals surface area contributed by atoms with Crippen LogP contribution in [0.2, 0.25) is 0 Å². The van der Waals surface area contributed by atoms with Crippen molar-refractivity contribution < 1.29 is 14.3 Å².